The minimum atomic E-state index is -0.481. The number of fused-ring (bicyclic) bond motifs is 3. The van der Waals surface area contributed by atoms with Gasteiger partial charge in [-0.2, -0.15) is 10.4 Å². The summed E-state index contributed by atoms with van der Waals surface area (Å²) < 4.78 is 20.8. The van der Waals surface area contributed by atoms with Crippen LogP contribution in [0.1, 0.15) is 30.4 Å². The summed E-state index contributed by atoms with van der Waals surface area (Å²) in [4.78, 5) is 22.3. The highest BCUT2D eigenvalue weighted by molar-refractivity contribution is 5.86. The Morgan fingerprint density at radius 3 is 2.62 bits per heavy atom. The average molecular weight is 526 g/mol. The van der Waals surface area contributed by atoms with Gasteiger partial charge in [0.25, 0.3) is 0 Å². The molecule has 3 aliphatic rings. The lowest BCUT2D eigenvalue weighted by Gasteiger charge is -2.57. The van der Waals surface area contributed by atoms with Crippen molar-refractivity contribution in [2.75, 3.05) is 31.1 Å². The monoisotopic (exact) mass is 525 g/mol. The van der Waals surface area contributed by atoms with Crippen molar-refractivity contribution in [1.29, 1.82) is 5.26 Å². The van der Waals surface area contributed by atoms with Gasteiger partial charge in [0, 0.05) is 37.0 Å². The molecule has 0 saturated carbocycles. The van der Waals surface area contributed by atoms with E-state index in [0.29, 0.717) is 36.5 Å². The molecule has 6 heterocycles. The van der Waals surface area contributed by atoms with Crippen LogP contribution in [0.2, 0.25) is 0 Å². The molecule has 2 bridgehead atoms. The molecule has 3 atom stereocenters. The first-order chi connectivity index (χ1) is 19.0. The molecule has 3 saturated heterocycles. The van der Waals surface area contributed by atoms with Crippen molar-refractivity contribution < 1.29 is 13.9 Å². The number of hydrogen-bond donors (Lipinski definition) is 1. The molecule has 198 valence electrons. The Labute approximate surface area is 225 Å². The maximum Gasteiger partial charge on any atom is 0.232 e. The van der Waals surface area contributed by atoms with E-state index in [9.17, 15) is 14.4 Å². The van der Waals surface area contributed by atoms with E-state index in [1.165, 1.54) is 12.1 Å². The number of nitriles is 1. The van der Waals surface area contributed by atoms with E-state index in [1.807, 2.05) is 30.0 Å². The van der Waals surface area contributed by atoms with Crippen LogP contribution in [0.15, 0.2) is 61.1 Å². The number of piperazine rings is 1. The highest BCUT2D eigenvalue weighted by atomic mass is 19.1. The number of anilines is 1. The van der Waals surface area contributed by atoms with Crippen molar-refractivity contribution in [3.8, 4) is 22.9 Å². The predicted octanol–water partition coefficient (Wildman–Crippen LogP) is 3.34. The molecule has 0 radical (unpaired) electrons. The topological polar surface area (TPSA) is 113 Å². The molecular formula is C29H28FN7O2. The minimum absolute atomic E-state index is 0.000571. The fourth-order valence-corrected chi connectivity index (χ4v) is 5.79. The van der Waals surface area contributed by atoms with Gasteiger partial charge in [-0.1, -0.05) is 12.1 Å². The first kappa shape index (κ1) is 24.8. The molecule has 39 heavy (non-hydrogen) atoms. The third-order valence-corrected chi connectivity index (χ3v) is 7.65. The second-order valence-electron chi connectivity index (χ2n) is 9.92. The number of piperidine rings is 1. The molecule has 3 aliphatic heterocycles. The average Bonchev–Trinajstić information content (AvgIpc) is 3.37. The maximum absolute atomic E-state index is 13.4. The third-order valence-electron chi connectivity index (χ3n) is 7.65. The molecular weight excluding hydrogens is 497 g/mol. The Bertz CT molecular complexity index is 1550. The molecule has 3 fully saturated rings. The summed E-state index contributed by atoms with van der Waals surface area (Å²) >= 11 is 0. The van der Waals surface area contributed by atoms with E-state index >= 15 is 0 Å². The molecule has 4 aromatic rings. The van der Waals surface area contributed by atoms with Crippen LogP contribution in [-0.4, -0.2) is 63.7 Å². The van der Waals surface area contributed by atoms with Gasteiger partial charge in [0.15, 0.2) is 0 Å². The zero-order valence-electron chi connectivity index (χ0n) is 21.5. The lowest BCUT2D eigenvalue weighted by molar-refractivity contribution is -0.147. The zero-order valence-corrected chi connectivity index (χ0v) is 21.5. The number of nitrogens with two attached hydrogens (primary N) is 1. The van der Waals surface area contributed by atoms with E-state index in [-0.39, 0.29) is 30.4 Å². The molecule has 1 amide bonds. The summed E-state index contributed by atoms with van der Waals surface area (Å²) in [7, 11) is 0. The SMILES string of the molecule is CCOc1cc(-c2ccc(N3CC4CC(C3)N4C(=O)C(CN)c3ccc(F)cc3)nc2)c2c(C#N)cnn2c1. The summed E-state index contributed by atoms with van der Waals surface area (Å²) in [5, 5.41) is 13.9. The van der Waals surface area contributed by atoms with Crippen molar-refractivity contribution in [3.05, 3.63) is 78.0 Å². The van der Waals surface area contributed by atoms with Gasteiger partial charge in [-0.25, -0.2) is 13.9 Å². The highest BCUT2D eigenvalue weighted by Gasteiger charge is 2.48. The van der Waals surface area contributed by atoms with Crippen molar-refractivity contribution >= 4 is 17.2 Å². The molecule has 0 spiro atoms. The number of carbonyl (C=O) groups is 1. The fraction of sp³-hybridized carbons (Fsp3) is 0.310. The number of ether oxygens (including phenoxy) is 1. The molecule has 2 N–H and O–H groups in total. The predicted molar refractivity (Wildman–Crippen MR) is 144 cm³/mol. The van der Waals surface area contributed by atoms with Gasteiger partial charge in [-0.05, 0) is 49.2 Å². The summed E-state index contributed by atoms with van der Waals surface area (Å²) in [5.41, 5.74) is 9.57. The summed E-state index contributed by atoms with van der Waals surface area (Å²) in [6, 6.07) is 14.3. The second-order valence-corrected chi connectivity index (χ2v) is 9.92. The van der Waals surface area contributed by atoms with Gasteiger partial charge in [-0.3, -0.25) is 4.79 Å². The van der Waals surface area contributed by atoms with Gasteiger partial charge in [0.1, 0.15) is 23.5 Å². The lowest BCUT2D eigenvalue weighted by Crippen LogP contribution is -2.71. The first-order valence-electron chi connectivity index (χ1n) is 13.0. The lowest BCUT2D eigenvalue weighted by atomic mass is 9.84. The first-order valence-corrected chi connectivity index (χ1v) is 13.0. The van der Waals surface area contributed by atoms with Gasteiger partial charge in [0.2, 0.25) is 5.91 Å². The molecule has 1 aromatic carbocycles. The molecule has 3 aromatic heterocycles. The molecule has 0 aliphatic carbocycles. The van der Waals surface area contributed by atoms with Crippen LogP contribution in [0.25, 0.3) is 16.6 Å². The normalized spacial score (nSPS) is 18.9. The van der Waals surface area contributed by atoms with E-state index in [1.54, 1.807) is 35.2 Å². The number of pyridine rings is 2. The Morgan fingerprint density at radius 2 is 1.97 bits per heavy atom. The largest absolute Gasteiger partial charge is 0.492 e. The molecule has 3 unspecified atom stereocenters. The minimum Gasteiger partial charge on any atom is -0.492 e. The summed E-state index contributed by atoms with van der Waals surface area (Å²) in [6.07, 6.45) is 6.07. The van der Waals surface area contributed by atoms with Crippen molar-refractivity contribution in [2.24, 2.45) is 5.73 Å². The van der Waals surface area contributed by atoms with Crippen LogP contribution >= 0.6 is 0 Å². The van der Waals surface area contributed by atoms with Crippen molar-refractivity contribution in [2.45, 2.75) is 31.3 Å². The number of rotatable bonds is 7. The van der Waals surface area contributed by atoms with Gasteiger partial charge < -0.3 is 20.3 Å². The standard InChI is InChI=1S/C29H28FN7O2/c1-2-39-24-10-25(28-20(11-31)14-34-36(28)17-24)19-5-8-27(33-13-19)35-15-22-9-23(16-35)37(22)29(38)26(12-32)18-3-6-21(30)7-4-18/h3-8,10,13-14,17,22-23,26H,2,9,12,15-16,32H2,1H3. The molecule has 9 nitrogen and oxygen atoms in total. The Hall–Kier alpha value is -4.49. The van der Waals surface area contributed by atoms with Crippen molar-refractivity contribution in [1.82, 2.24) is 19.5 Å². The van der Waals surface area contributed by atoms with Gasteiger partial charge >= 0.3 is 0 Å². The number of nitrogens with zero attached hydrogens (tertiary/aromatic N) is 6. The van der Waals surface area contributed by atoms with E-state index in [2.05, 4.69) is 16.1 Å². The van der Waals surface area contributed by atoms with Crippen LogP contribution in [0.3, 0.4) is 0 Å². The number of aromatic nitrogens is 3. The Balaban J connectivity index is 1.20. The fourth-order valence-electron chi connectivity index (χ4n) is 5.79. The van der Waals surface area contributed by atoms with E-state index < -0.39 is 5.92 Å². The smallest absolute Gasteiger partial charge is 0.232 e. The van der Waals surface area contributed by atoms with Crippen LogP contribution in [0.5, 0.6) is 5.75 Å². The zero-order chi connectivity index (χ0) is 27.1. The van der Waals surface area contributed by atoms with Crippen LogP contribution < -0.4 is 15.4 Å². The number of halogens is 1. The quantitative estimate of drug-likeness (QED) is 0.394. The maximum atomic E-state index is 13.4. The van der Waals surface area contributed by atoms with E-state index in [4.69, 9.17) is 15.5 Å². The summed E-state index contributed by atoms with van der Waals surface area (Å²) in [6.45, 7) is 3.97. The number of amides is 1. The summed E-state index contributed by atoms with van der Waals surface area (Å²) in [5.74, 6) is 0.681. The van der Waals surface area contributed by atoms with Crippen LogP contribution in [-0.2, 0) is 4.79 Å². The molecule has 7 rings (SSSR count). The number of hydrogen-bond acceptors (Lipinski definition) is 7. The highest BCUT2D eigenvalue weighted by Crippen LogP contribution is 2.37. The number of carbonyl (C=O) groups excluding carboxylic acids is 1. The van der Waals surface area contributed by atoms with E-state index in [0.717, 1.165) is 28.9 Å². The van der Waals surface area contributed by atoms with Gasteiger partial charge in [-0.15, -0.1) is 0 Å². The Kier molecular flexibility index (Phi) is 6.37. The van der Waals surface area contributed by atoms with Crippen molar-refractivity contribution in [3.63, 3.8) is 0 Å². The van der Waals surface area contributed by atoms with Crippen LogP contribution in [0, 0.1) is 17.1 Å². The molecule has 10 heteroatoms. The van der Waals surface area contributed by atoms with Gasteiger partial charge in [0.05, 0.1) is 48.1 Å². The number of benzene rings is 1. The Morgan fingerprint density at radius 1 is 1.21 bits per heavy atom. The van der Waals surface area contributed by atoms with Crippen LogP contribution in [0.4, 0.5) is 10.2 Å². The third kappa shape index (κ3) is 4.34. The second kappa shape index (κ2) is 10.0.